The number of nitrogens with one attached hydrogen (secondary N) is 1. The van der Waals surface area contributed by atoms with Crippen molar-refractivity contribution in [3.8, 4) is 11.3 Å². The topological polar surface area (TPSA) is 77.0 Å². The lowest BCUT2D eigenvalue weighted by molar-refractivity contribution is 0.0540. The molecule has 0 bridgehead atoms. The van der Waals surface area contributed by atoms with E-state index in [-0.39, 0.29) is 0 Å². The van der Waals surface area contributed by atoms with Crippen LogP contribution in [-0.2, 0) is 4.74 Å². The van der Waals surface area contributed by atoms with Crippen LogP contribution in [0.4, 0.5) is 4.79 Å². The fraction of sp³-hybridized carbons (Fsp3) is 0.308. The third-order valence-electron chi connectivity index (χ3n) is 2.31. The Labute approximate surface area is 110 Å². The van der Waals surface area contributed by atoms with Crippen molar-refractivity contribution in [2.24, 2.45) is 0 Å². The van der Waals surface area contributed by atoms with Crippen molar-refractivity contribution < 1.29 is 9.53 Å². The first-order valence-corrected chi connectivity index (χ1v) is 5.83. The molecule has 2 aromatic rings. The monoisotopic (exact) mass is 261 g/mol. The molecule has 0 saturated carbocycles. The van der Waals surface area contributed by atoms with E-state index in [1.807, 2.05) is 0 Å². The molecule has 0 atom stereocenters. The average Bonchev–Trinajstić information content (AvgIpc) is 2.76. The van der Waals surface area contributed by atoms with Crippen molar-refractivity contribution in [1.82, 2.24) is 14.5 Å². The number of carbonyl (C=O) groups is 1. The maximum absolute atomic E-state index is 12.0. The highest BCUT2D eigenvalue weighted by Gasteiger charge is 2.19. The van der Waals surface area contributed by atoms with Crippen LogP contribution in [0.2, 0.25) is 0 Å². The summed E-state index contributed by atoms with van der Waals surface area (Å²) in [6, 6.07) is 3.48. The van der Waals surface area contributed by atoms with Crippen LogP contribution >= 0.6 is 0 Å². The minimum absolute atomic E-state index is 0.431. The summed E-state index contributed by atoms with van der Waals surface area (Å²) in [5.41, 5.74) is 0.245. The van der Waals surface area contributed by atoms with Crippen LogP contribution in [-0.4, -0.2) is 26.2 Å². The van der Waals surface area contributed by atoms with Gasteiger partial charge >= 0.3 is 11.8 Å². The van der Waals surface area contributed by atoms with Gasteiger partial charge in [0.2, 0.25) is 0 Å². The Hall–Kier alpha value is -2.37. The van der Waals surface area contributed by atoms with E-state index in [9.17, 15) is 9.59 Å². The van der Waals surface area contributed by atoms with Crippen LogP contribution in [0.1, 0.15) is 20.8 Å². The zero-order valence-corrected chi connectivity index (χ0v) is 11.0. The number of rotatable bonds is 1. The van der Waals surface area contributed by atoms with Crippen molar-refractivity contribution in [3.05, 3.63) is 41.2 Å². The fourth-order valence-electron chi connectivity index (χ4n) is 1.57. The Kier molecular flexibility index (Phi) is 3.25. The number of aromatic nitrogens is 3. The maximum atomic E-state index is 12.0. The van der Waals surface area contributed by atoms with E-state index in [1.165, 1.54) is 17.0 Å². The molecule has 100 valence electrons. The predicted octanol–water partition coefficient (Wildman–Crippen LogP) is 2.02. The lowest BCUT2D eigenvalue weighted by atomic mass is 10.2. The number of hydrogen-bond acceptors (Lipinski definition) is 4. The Morgan fingerprint density at radius 1 is 1.42 bits per heavy atom. The van der Waals surface area contributed by atoms with Crippen LogP contribution in [0.3, 0.4) is 0 Å². The molecule has 2 aromatic heterocycles. The molecule has 1 N–H and O–H groups in total. The maximum Gasteiger partial charge on any atom is 0.418 e. The van der Waals surface area contributed by atoms with Gasteiger partial charge in [0.25, 0.3) is 0 Å². The molecule has 0 aliphatic carbocycles. The zero-order valence-electron chi connectivity index (χ0n) is 11.0. The highest BCUT2D eigenvalue weighted by molar-refractivity contribution is 5.78. The summed E-state index contributed by atoms with van der Waals surface area (Å²) in [5.74, 6) is 0. The van der Waals surface area contributed by atoms with Crippen LogP contribution < -0.4 is 5.69 Å². The standard InChI is InChI=1S/C13H15N3O3/c1-13(2,3)19-12(18)16-6-4-5-10(16)9-7-14-11(17)15-8-9/h4-8H,1-3H3,(H,14,15,17). The minimum Gasteiger partial charge on any atom is -0.443 e. The molecule has 6 heteroatoms. The number of ether oxygens (including phenoxy) is 1. The molecule has 6 nitrogen and oxygen atoms in total. The molecular formula is C13H15N3O3. The van der Waals surface area contributed by atoms with Crippen LogP contribution in [0.5, 0.6) is 0 Å². The summed E-state index contributed by atoms with van der Waals surface area (Å²) in [4.78, 5) is 29.1. The summed E-state index contributed by atoms with van der Waals surface area (Å²) in [6.45, 7) is 5.40. The highest BCUT2D eigenvalue weighted by Crippen LogP contribution is 2.19. The molecule has 19 heavy (non-hydrogen) atoms. The van der Waals surface area contributed by atoms with Crippen molar-refractivity contribution >= 4 is 6.09 Å². The summed E-state index contributed by atoms with van der Waals surface area (Å²) < 4.78 is 6.68. The van der Waals surface area contributed by atoms with E-state index in [2.05, 4.69) is 9.97 Å². The summed E-state index contributed by atoms with van der Waals surface area (Å²) in [5, 5.41) is 0. The van der Waals surface area contributed by atoms with E-state index >= 15 is 0 Å². The van der Waals surface area contributed by atoms with E-state index < -0.39 is 17.4 Å². The lowest BCUT2D eigenvalue weighted by Crippen LogP contribution is -2.27. The molecular weight excluding hydrogens is 246 g/mol. The molecule has 2 heterocycles. The number of carbonyl (C=O) groups excluding carboxylic acids is 1. The van der Waals surface area contributed by atoms with E-state index in [1.54, 1.807) is 39.1 Å². The van der Waals surface area contributed by atoms with Gasteiger partial charge in [0, 0.05) is 24.2 Å². The molecule has 0 fully saturated rings. The zero-order chi connectivity index (χ0) is 14.0. The Morgan fingerprint density at radius 2 is 2.16 bits per heavy atom. The Morgan fingerprint density at radius 3 is 2.74 bits per heavy atom. The molecule has 0 unspecified atom stereocenters. The SMILES string of the molecule is CC(C)(C)OC(=O)n1cccc1-c1cnc(=O)[nH]c1. The molecule has 0 aliphatic rings. The van der Waals surface area contributed by atoms with Crippen LogP contribution in [0.25, 0.3) is 11.3 Å². The van der Waals surface area contributed by atoms with E-state index in [0.717, 1.165) is 0 Å². The molecule has 2 rings (SSSR count). The van der Waals surface area contributed by atoms with Gasteiger partial charge in [-0.05, 0) is 32.9 Å². The first kappa shape index (κ1) is 13.1. The van der Waals surface area contributed by atoms with Crippen LogP contribution in [0.15, 0.2) is 35.5 Å². The Bertz CT molecular complexity index is 629. The third kappa shape index (κ3) is 3.09. The van der Waals surface area contributed by atoms with Crippen LogP contribution in [0, 0.1) is 0 Å². The van der Waals surface area contributed by atoms with Crippen molar-refractivity contribution in [1.29, 1.82) is 0 Å². The summed E-state index contributed by atoms with van der Waals surface area (Å²) >= 11 is 0. The largest absolute Gasteiger partial charge is 0.443 e. The van der Waals surface area contributed by atoms with Gasteiger partial charge in [0.1, 0.15) is 5.60 Å². The first-order chi connectivity index (χ1) is 8.87. The quantitative estimate of drug-likeness (QED) is 0.852. The minimum atomic E-state index is -0.568. The first-order valence-electron chi connectivity index (χ1n) is 5.83. The van der Waals surface area contributed by atoms with Gasteiger partial charge in [-0.1, -0.05) is 0 Å². The van der Waals surface area contributed by atoms with Gasteiger partial charge in [-0.25, -0.2) is 14.6 Å². The molecule has 0 amide bonds. The van der Waals surface area contributed by atoms with Gasteiger partial charge in [-0.15, -0.1) is 0 Å². The average molecular weight is 261 g/mol. The second-order valence-electron chi connectivity index (χ2n) is 5.05. The predicted molar refractivity (Wildman–Crippen MR) is 69.9 cm³/mol. The van der Waals surface area contributed by atoms with Gasteiger partial charge in [-0.2, -0.15) is 0 Å². The lowest BCUT2D eigenvalue weighted by Gasteiger charge is -2.20. The van der Waals surface area contributed by atoms with E-state index in [0.29, 0.717) is 11.3 Å². The van der Waals surface area contributed by atoms with Gasteiger partial charge in [0.05, 0.1) is 5.69 Å². The molecule has 0 aliphatic heterocycles. The summed E-state index contributed by atoms with van der Waals surface area (Å²) in [7, 11) is 0. The highest BCUT2D eigenvalue weighted by atomic mass is 16.6. The number of aromatic amines is 1. The third-order valence-corrected chi connectivity index (χ3v) is 2.31. The molecule has 0 saturated heterocycles. The van der Waals surface area contributed by atoms with Gasteiger partial charge in [0.15, 0.2) is 0 Å². The second-order valence-corrected chi connectivity index (χ2v) is 5.05. The summed E-state index contributed by atoms with van der Waals surface area (Å²) in [6.07, 6.45) is 4.05. The van der Waals surface area contributed by atoms with Crippen molar-refractivity contribution in [2.45, 2.75) is 26.4 Å². The number of nitrogens with zero attached hydrogens (tertiary/aromatic N) is 2. The Balaban J connectivity index is 2.35. The normalized spacial score (nSPS) is 11.3. The number of H-pyrrole nitrogens is 1. The molecule has 0 radical (unpaired) electrons. The van der Waals surface area contributed by atoms with Crippen molar-refractivity contribution in [3.63, 3.8) is 0 Å². The molecule has 0 aromatic carbocycles. The number of hydrogen-bond donors (Lipinski definition) is 1. The smallest absolute Gasteiger partial charge is 0.418 e. The fourth-order valence-corrected chi connectivity index (χ4v) is 1.57. The van der Waals surface area contributed by atoms with Gasteiger partial charge < -0.3 is 9.72 Å². The molecule has 0 spiro atoms. The van der Waals surface area contributed by atoms with Crippen molar-refractivity contribution in [2.75, 3.05) is 0 Å². The van der Waals surface area contributed by atoms with E-state index in [4.69, 9.17) is 4.74 Å². The second kappa shape index (κ2) is 4.72. The van der Waals surface area contributed by atoms with Gasteiger partial charge in [-0.3, -0.25) is 4.57 Å².